The van der Waals surface area contributed by atoms with Crippen molar-refractivity contribution in [1.82, 2.24) is 9.80 Å². The van der Waals surface area contributed by atoms with Gasteiger partial charge in [0.15, 0.2) is 11.5 Å². The second-order valence-electron chi connectivity index (χ2n) is 18.0. The molecular formula is C48H54N2O2. The van der Waals surface area contributed by atoms with Crippen molar-refractivity contribution in [2.75, 3.05) is 0 Å². The monoisotopic (exact) mass is 690 g/mol. The second kappa shape index (κ2) is 11.9. The van der Waals surface area contributed by atoms with Crippen LogP contribution in [0, 0.1) is 35.5 Å². The Bertz CT molecular complexity index is 1910. The molecule has 12 aliphatic rings. The van der Waals surface area contributed by atoms with Crippen molar-refractivity contribution < 1.29 is 9.47 Å². The highest BCUT2D eigenvalue weighted by Crippen LogP contribution is 2.55. The third-order valence-corrected chi connectivity index (χ3v) is 15.5. The van der Waals surface area contributed by atoms with E-state index in [9.17, 15) is 0 Å². The SMILES string of the molecule is C1=CC2=C(CC1)N(C1C=CC3OC4=C(CCC5=C4OC4C=CC(C6C=CC7C(C6)C6CCC=CC6N7C6=CCCCC6)=CC54)C3C1)C1CCC=CC21. The fourth-order valence-electron chi connectivity index (χ4n) is 13.3. The van der Waals surface area contributed by atoms with E-state index in [0.717, 1.165) is 42.6 Å². The van der Waals surface area contributed by atoms with Gasteiger partial charge in [-0.1, -0.05) is 72.9 Å². The van der Waals surface area contributed by atoms with Gasteiger partial charge in [-0.05, 0) is 136 Å². The molecule has 0 aromatic rings. The van der Waals surface area contributed by atoms with E-state index in [-0.39, 0.29) is 12.2 Å². The van der Waals surface area contributed by atoms with Gasteiger partial charge >= 0.3 is 0 Å². The Kier molecular flexibility index (Phi) is 7.05. The highest BCUT2D eigenvalue weighted by Gasteiger charge is 2.52. The van der Waals surface area contributed by atoms with Crippen LogP contribution in [0.4, 0.5) is 0 Å². The molecular weight excluding hydrogens is 637 g/mol. The Morgan fingerprint density at radius 2 is 1.50 bits per heavy atom. The minimum absolute atomic E-state index is 0.106. The average Bonchev–Trinajstić information content (AvgIpc) is 3.95. The molecule has 0 aromatic heterocycles. The lowest BCUT2D eigenvalue weighted by Crippen LogP contribution is -2.44. The zero-order chi connectivity index (χ0) is 33.9. The summed E-state index contributed by atoms with van der Waals surface area (Å²) in [6.07, 6.45) is 52.6. The lowest BCUT2D eigenvalue weighted by atomic mass is 9.71. The molecule has 12 rings (SSSR count). The van der Waals surface area contributed by atoms with Gasteiger partial charge < -0.3 is 19.3 Å². The first-order valence-electron chi connectivity index (χ1n) is 21.3. The van der Waals surface area contributed by atoms with Crippen molar-refractivity contribution in [2.24, 2.45) is 35.5 Å². The van der Waals surface area contributed by atoms with Gasteiger partial charge in [-0.2, -0.15) is 0 Å². The van der Waals surface area contributed by atoms with E-state index >= 15 is 0 Å². The Morgan fingerprint density at radius 3 is 2.46 bits per heavy atom. The van der Waals surface area contributed by atoms with Crippen molar-refractivity contribution in [3.8, 4) is 0 Å². The van der Waals surface area contributed by atoms with E-state index in [1.807, 2.05) is 0 Å². The van der Waals surface area contributed by atoms with Crippen molar-refractivity contribution >= 4 is 0 Å². The lowest BCUT2D eigenvalue weighted by molar-refractivity contribution is 0.0935. The fourth-order valence-corrected chi connectivity index (χ4v) is 13.3. The molecule has 1 saturated heterocycles. The summed E-state index contributed by atoms with van der Waals surface area (Å²) in [5.74, 6) is 5.60. The van der Waals surface area contributed by atoms with Crippen molar-refractivity contribution in [1.29, 1.82) is 0 Å². The minimum atomic E-state index is 0.106. The predicted octanol–water partition coefficient (Wildman–Crippen LogP) is 10.1. The number of likely N-dealkylation sites (tertiary alicyclic amines) is 1. The molecule has 4 aliphatic heterocycles. The van der Waals surface area contributed by atoms with Crippen LogP contribution in [0.3, 0.4) is 0 Å². The van der Waals surface area contributed by atoms with E-state index in [2.05, 4.69) is 94.9 Å². The maximum absolute atomic E-state index is 6.90. The number of hydrogen-bond acceptors (Lipinski definition) is 4. The maximum atomic E-state index is 6.90. The number of allylic oxidation sites excluding steroid dienone is 10. The fraction of sp³-hybridized carbons (Fsp3) is 0.542. The van der Waals surface area contributed by atoms with Crippen LogP contribution in [0.5, 0.6) is 0 Å². The topological polar surface area (TPSA) is 24.9 Å². The molecule has 0 bridgehead atoms. The Balaban J connectivity index is 0.801. The summed E-state index contributed by atoms with van der Waals surface area (Å²) in [5.41, 5.74) is 9.42. The summed E-state index contributed by atoms with van der Waals surface area (Å²) in [7, 11) is 0. The largest absolute Gasteiger partial charge is 0.482 e. The van der Waals surface area contributed by atoms with Gasteiger partial charge in [-0.3, -0.25) is 0 Å². The van der Waals surface area contributed by atoms with Crippen LogP contribution in [-0.4, -0.2) is 46.2 Å². The van der Waals surface area contributed by atoms with E-state index in [0.29, 0.717) is 47.8 Å². The van der Waals surface area contributed by atoms with Gasteiger partial charge in [0.2, 0.25) is 0 Å². The molecule has 4 nitrogen and oxygen atoms in total. The van der Waals surface area contributed by atoms with Crippen molar-refractivity contribution in [2.45, 2.75) is 126 Å². The highest BCUT2D eigenvalue weighted by molar-refractivity contribution is 5.50. The molecule has 52 heavy (non-hydrogen) atoms. The Labute approximate surface area is 310 Å². The maximum Gasteiger partial charge on any atom is 0.162 e. The molecule has 0 N–H and O–H groups in total. The summed E-state index contributed by atoms with van der Waals surface area (Å²) in [5, 5.41) is 0. The van der Waals surface area contributed by atoms with Crippen LogP contribution in [0.2, 0.25) is 0 Å². The summed E-state index contributed by atoms with van der Waals surface area (Å²) in [6.45, 7) is 0. The van der Waals surface area contributed by atoms with Gasteiger partial charge in [0.25, 0.3) is 0 Å². The van der Waals surface area contributed by atoms with Crippen LogP contribution in [0.25, 0.3) is 0 Å². The normalized spacial score (nSPS) is 43.2. The molecule has 1 fully saturated rings. The first-order valence-corrected chi connectivity index (χ1v) is 21.3. The third kappa shape index (κ3) is 4.51. The standard InChI is InChI=1S/C48H54N2O2/c1-2-10-31(11-3-1)49-43-17-9-6-14-35(43)38-26-29(18-23-44(38)49)30-19-24-45-39(27-30)36-21-22-37-40-28-32(20-25-46(40)52-48(37)47(36)51-45)50-41-15-7-4-12-33(41)34-13-5-8-16-42(34)50/h4-5,9-10,12-13,17-20,23-25,27,29,32-33,35,38-41,43-46H,1-3,6-8,11,14-16,21-22,26,28H2. The highest BCUT2D eigenvalue weighted by atomic mass is 16.5. The van der Waals surface area contributed by atoms with Crippen molar-refractivity contribution in [3.63, 3.8) is 0 Å². The number of nitrogens with zero attached hydrogens (tertiary/aromatic N) is 2. The van der Waals surface area contributed by atoms with E-state index in [1.165, 1.54) is 87.3 Å². The zero-order valence-electron chi connectivity index (χ0n) is 30.6. The minimum Gasteiger partial charge on any atom is -0.482 e. The molecule has 8 aliphatic carbocycles. The molecule has 4 heteroatoms. The van der Waals surface area contributed by atoms with E-state index in [1.54, 1.807) is 17.0 Å². The van der Waals surface area contributed by atoms with E-state index in [4.69, 9.17) is 9.47 Å². The summed E-state index contributed by atoms with van der Waals surface area (Å²) in [6, 6.07) is 2.23. The number of rotatable bonds is 3. The lowest BCUT2D eigenvalue weighted by Gasteiger charge is -2.41. The smallest absolute Gasteiger partial charge is 0.162 e. The summed E-state index contributed by atoms with van der Waals surface area (Å²) < 4.78 is 13.8. The van der Waals surface area contributed by atoms with Gasteiger partial charge in [-0.25, -0.2) is 0 Å². The van der Waals surface area contributed by atoms with Crippen LogP contribution in [-0.2, 0) is 9.47 Å². The van der Waals surface area contributed by atoms with Gasteiger partial charge in [-0.15, -0.1) is 0 Å². The molecule has 0 aromatic carbocycles. The number of ether oxygens (including phenoxy) is 2. The average molecular weight is 691 g/mol. The van der Waals surface area contributed by atoms with Crippen molar-refractivity contribution in [3.05, 3.63) is 130 Å². The summed E-state index contributed by atoms with van der Waals surface area (Å²) in [4.78, 5) is 5.73. The Hall–Kier alpha value is -3.66. The molecule has 4 heterocycles. The summed E-state index contributed by atoms with van der Waals surface area (Å²) >= 11 is 0. The van der Waals surface area contributed by atoms with Gasteiger partial charge in [0.05, 0.1) is 12.1 Å². The molecule has 0 saturated carbocycles. The molecule has 12 atom stereocenters. The molecule has 12 unspecified atom stereocenters. The molecule has 0 spiro atoms. The molecule has 268 valence electrons. The Morgan fingerprint density at radius 1 is 0.615 bits per heavy atom. The van der Waals surface area contributed by atoms with Crippen LogP contribution in [0.1, 0.15) is 89.9 Å². The van der Waals surface area contributed by atoms with Gasteiger partial charge in [0.1, 0.15) is 12.2 Å². The van der Waals surface area contributed by atoms with Gasteiger partial charge in [0, 0.05) is 47.1 Å². The second-order valence-corrected chi connectivity index (χ2v) is 18.0. The van der Waals surface area contributed by atoms with E-state index < -0.39 is 0 Å². The quantitative estimate of drug-likeness (QED) is 0.275. The number of fused-ring (bicyclic) bond motifs is 10. The van der Waals surface area contributed by atoms with Crippen LogP contribution in [0.15, 0.2) is 130 Å². The van der Waals surface area contributed by atoms with Crippen LogP contribution >= 0.6 is 0 Å². The first kappa shape index (κ1) is 30.8. The molecule has 0 radical (unpaired) electrons. The first-order chi connectivity index (χ1) is 25.8. The molecule has 0 amide bonds. The predicted molar refractivity (Wildman–Crippen MR) is 206 cm³/mol. The third-order valence-electron chi connectivity index (χ3n) is 15.5. The zero-order valence-corrected chi connectivity index (χ0v) is 30.6. The number of hydrogen-bond donors (Lipinski definition) is 0. The van der Waals surface area contributed by atoms with Crippen LogP contribution < -0.4 is 0 Å².